The van der Waals surface area contributed by atoms with E-state index in [1.807, 2.05) is 0 Å². The molecule has 0 unspecified atom stereocenters. The summed E-state index contributed by atoms with van der Waals surface area (Å²) < 4.78 is 0. The lowest BCUT2D eigenvalue weighted by atomic mass is 10.0. The molecule has 0 saturated heterocycles. The summed E-state index contributed by atoms with van der Waals surface area (Å²) in [4.78, 5) is 12.1. The van der Waals surface area contributed by atoms with Gasteiger partial charge in [-0.3, -0.25) is 4.79 Å². The summed E-state index contributed by atoms with van der Waals surface area (Å²) in [6, 6.07) is 7.15. The van der Waals surface area contributed by atoms with E-state index in [4.69, 9.17) is 5.11 Å². The molecule has 2 rings (SSSR count). The molecule has 0 bridgehead atoms. The first-order valence-corrected chi connectivity index (χ1v) is 7.17. The zero-order chi connectivity index (χ0) is 14.4. The van der Waals surface area contributed by atoms with Crippen molar-refractivity contribution in [3.8, 4) is 11.8 Å². The number of amides is 1. The molecule has 1 aromatic rings. The molecule has 0 aliphatic heterocycles. The summed E-state index contributed by atoms with van der Waals surface area (Å²) in [7, 11) is 0. The van der Waals surface area contributed by atoms with Gasteiger partial charge in [0, 0.05) is 17.7 Å². The molecule has 1 aliphatic carbocycles. The molecule has 0 aromatic heterocycles. The van der Waals surface area contributed by atoms with E-state index in [0.717, 1.165) is 12.1 Å². The van der Waals surface area contributed by atoms with E-state index >= 15 is 0 Å². The number of aliphatic hydroxyl groups excluding tert-OH is 1. The van der Waals surface area contributed by atoms with Crippen LogP contribution in [0.3, 0.4) is 0 Å². The van der Waals surface area contributed by atoms with Gasteiger partial charge in [-0.25, -0.2) is 0 Å². The second-order valence-electron chi connectivity index (χ2n) is 5.47. The lowest BCUT2D eigenvalue weighted by molar-refractivity contribution is 0.0943. The number of rotatable bonds is 5. The second-order valence-corrected chi connectivity index (χ2v) is 5.47. The molecule has 106 valence electrons. The largest absolute Gasteiger partial charge is 0.384 e. The summed E-state index contributed by atoms with van der Waals surface area (Å²) in [5.74, 6) is 5.38. The third-order valence-corrected chi connectivity index (χ3v) is 3.82. The van der Waals surface area contributed by atoms with Gasteiger partial charge in [-0.2, -0.15) is 0 Å². The van der Waals surface area contributed by atoms with Gasteiger partial charge < -0.3 is 10.4 Å². The zero-order valence-electron chi connectivity index (χ0n) is 11.9. The van der Waals surface area contributed by atoms with Crippen LogP contribution in [-0.2, 0) is 0 Å². The predicted molar refractivity (Wildman–Crippen MR) is 79.3 cm³/mol. The molecular weight excluding hydrogens is 250 g/mol. The van der Waals surface area contributed by atoms with Crippen LogP contribution in [0.25, 0.3) is 0 Å². The fourth-order valence-corrected chi connectivity index (χ4v) is 2.44. The fourth-order valence-electron chi connectivity index (χ4n) is 2.44. The highest BCUT2D eigenvalue weighted by Gasteiger charge is 2.41. The van der Waals surface area contributed by atoms with Crippen molar-refractivity contribution in [2.75, 3.05) is 13.2 Å². The fraction of sp³-hybridized carbons (Fsp3) is 0.471. The summed E-state index contributed by atoms with van der Waals surface area (Å²) in [5, 5.41) is 11.7. The van der Waals surface area contributed by atoms with Crippen molar-refractivity contribution in [2.45, 2.75) is 32.6 Å². The van der Waals surface area contributed by atoms with Gasteiger partial charge in [0.15, 0.2) is 0 Å². The lowest BCUT2D eigenvalue weighted by Crippen LogP contribution is -2.30. The molecule has 3 heteroatoms. The van der Waals surface area contributed by atoms with Gasteiger partial charge in [-0.1, -0.05) is 25.2 Å². The van der Waals surface area contributed by atoms with Crippen LogP contribution in [0.4, 0.5) is 0 Å². The van der Waals surface area contributed by atoms with E-state index in [-0.39, 0.29) is 12.5 Å². The molecule has 3 nitrogen and oxygen atoms in total. The number of hydrogen-bond donors (Lipinski definition) is 2. The summed E-state index contributed by atoms with van der Waals surface area (Å²) >= 11 is 0. The van der Waals surface area contributed by atoms with Crippen molar-refractivity contribution in [2.24, 2.45) is 5.41 Å². The highest BCUT2D eigenvalue weighted by atomic mass is 16.2. The molecule has 0 radical (unpaired) electrons. The molecule has 0 atom stereocenters. The van der Waals surface area contributed by atoms with Crippen molar-refractivity contribution < 1.29 is 9.90 Å². The van der Waals surface area contributed by atoms with E-state index in [0.29, 0.717) is 11.0 Å². The van der Waals surface area contributed by atoms with E-state index < -0.39 is 0 Å². The Morgan fingerprint density at radius 2 is 2.05 bits per heavy atom. The first-order chi connectivity index (χ1) is 9.69. The minimum Gasteiger partial charge on any atom is -0.384 e. The molecule has 1 aromatic carbocycles. The Morgan fingerprint density at radius 3 is 2.60 bits per heavy atom. The van der Waals surface area contributed by atoms with Gasteiger partial charge in [0.2, 0.25) is 0 Å². The van der Waals surface area contributed by atoms with Crippen LogP contribution >= 0.6 is 0 Å². The quantitative estimate of drug-likeness (QED) is 0.808. The second kappa shape index (κ2) is 6.58. The van der Waals surface area contributed by atoms with Crippen LogP contribution < -0.4 is 5.32 Å². The predicted octanol–water partition coefficient (Wildman–Crippen LogP) is 2.34. The number of carbonyl (C=O) groups is 1. The molecule has 1 saturated carbocycles. The van der Waals surface area contributed by atoms with Gasteiger partial charge in [-0.15, -0.1) is 0 Å². The number of aliphatic hydroxyl groups is 1. The average Bonchev–Trinajstić information content (AvgIpc) is 3.24. The van der Waals surface area contributed by atoms with Crippen LogP contribution in [-0.4, -0.2) is 24.2 Å². The van der Waals surface area contributed by atoms with Crippen LogP contribution in [0.2, 0.25) is 0 Å². The maximum absolute atomic E-state index is 12.1. The number of carbonyl (C=O) groups excluding carboxylic acids is 1. The standard InChI is InChI=1S/C17H21NO2/c1-2-9-17(10-11-17)13-18-16(20)15-7-5-14(6-8-15)4-3-12-19/h5-8,19H,2,9-13H2,1H3,(H,18,20). The summed E-state index contributed by atoms with van der Waals surface area (Å²) in [6.07, 6.45) is 4.84. The highest BCUT2D eigenvalue weighted by Crippen LogP contribution is 2.48. The van der Waals surface area contributed by atoms with Crippen LogP contribution in [0.5, 0.6) is 0 Å². The van der Waals surface area contributed by atoms with E-state index in [1.54, 1.807) is 24.3 Å². The molecule has 1 aliphatic rings. The van der Waals surface area contributed by atoms with Crippen molar-refractivity contribution in [1.29, 1.82) is 0 Å². The monoisotopic (exact) mass is 271 g/mol. The number of nitrogens with one attached hydrogen (secondary N) is 1. The molecular formula is C17H21NO2. The zero-order valence-corrected chi connectivity index (χ0v) is 11.9. The first kappa shape index (κ1) is 14.6. The SMILES string of the molecule is CCCC1(CNC(=O)c2ccc(C#CCO)cc2)CC1. The molecule has 20 heavy (non-hydrogen) atoms. The first-order valence-electron chi connectivity index (χ1n) is 7.17. The van der Waals surface area contributed by atoms with Gasteiger partial charge >= 0.3 is 0 Å². The van der Waals surface area contributed by atoms with Crippen LogP contribution in [0.1, 0.15) is 48.5 Å². The molecule has 0 heterocycles. The number of benzene rings is 1. The maximum Gasteiger partial charge on any atom is 0.251 e. The molecule has 0 spiro atoms. The third-order valence-electron chi connectivity index (χ3n) is 3.82. The molecule has 1 amide bonds. The van der Waals surface area contributed by atoms with Crippen molar-refractivity contribution in [1.82, 2.24) is 5.32 Å². The molecule has 1 fully saturated rings. The summed E-state index contributed by atoms with van der Waals surface area (Å²) in [5.41, 5.74) is 1.84. The van der Waals surface area contributed by atoms with E-state index in [2.05, 4.69) is 24.1 Å². The lowest BCUT2D eigenvalue weighted by Gasteiger charge is -2.14. The van der Waals surface area contributed by atoms with Crippen molar-refractivity contribution in [3.63, 3.8) is 0 Å². The molecule has 2 N–H and O–H groups in total. The van der Waals surface area contributed by atoms with Crippen molar-refractivity contribution in [3.05, 3.63) is 35.4 Å². The van der Waals surface area contributed by atoms with Gasteiger partial charge in [-0.05, 0) is 48.9 Å². The topological polar surface area (TPSA) is 49.3 Å². The van der Waals surface area contributed by atoms with Gasteiger partial charge in [0.25, 0.3) is 5.91 Å². The Hall–Kier alpha value is -1.79. The van der Waals surface area contributed by atoms with Crippen LogP contribution in [0, 0.1) is 17.3 Å². The van der Waals surface area contributed by atoms with Gasteiger partial charge in [0.1, 0.15) is 6.61 Å². The third kappa shape index (κ3) is 3.85. The highest BCUT2D eigenvalue weighted by molar-refractivity contribution is 5.94. The van der Waals surface area contributed by atoms with E-state index in [1.165, 1.54) is 25.7 Å². The van der Waals surface area contributed by atoms with Crippen LogP contribution in [0.15, 0.2) is 24.3 Å². The summed E-state index contributed by atoms with van der Waals surface area (Å²) in [6.45, 7) is 2.82. The Kier molecular flexibility index (Phi) is 4.81. The Bertz CT molecular complexity index is 518. The van der Waals surface area contributed by atoms with Gasteiger partial charge in [0.05, 0.1) is 0 Å². The number of hydrogen-bond acceptors (Lipinski definition) is 2. The average molecular weight is 271 g/mol. The normalized spacial score (nSPS) is 15.1. The van der Waals surface area contributed by atoms with E-state index in [9.17, 15) is 4.79 Å². The minimum atomic E-state index is -0.151. The maximum atomic E-state index is 12.1. The minimum absolute atomic E-state index is 0.0194. The van der Waals surface area contributed by atoms with Crippen molar-refractivity contribution >= 4 is 5.91 Å². The smallest absolute Gasteiger partial charge is 0.251 e. The Balaban J connectivity index is 1.89. The Labute approximate surface area is 120 Å². The Morgan fingerprint density at radius 1 is 1.35 bits per heavy atom.